The Bertz CT molecular complexity index is 1330. The number of nitrogens with zero attached hydrogens (tertiary/aromatic N) is 1. The number of benzene rings is 2. The molecule has 176 valence electrons. The van der Waals surface area contributed by atoms with Gasteiger partial charge in [-0.15, -0.1) is 0 Å². The van der Waals surface area contributed by atoms with Crippen LogP contribution in [0.3, 0.4) is 0 Å². The Morgan fingerprint density at radius 2 is 2.06 bits per heavy atom. The van der Waals surface area contributed by atoms with Crippen LogP contribution in [-0.4, -0.2) is 45.4 Å². The molecular formula is C23H20ClF2N4O4+. The molecule has 0 aliphatic rings. The zero-order chi connectivity index (χ0) is 24.2. The largest absolute Gasteiger partial charge is 0.491 e. The van der Waals surface area contributed by atoms with E-state index in [1.165, 1.54) is 24.4 Å². The van der Waals surface area contributed by atoms with Gasteiger partial charge in [0.05, 0.1) is 6.61 Å². The van der Waals surface area contributed by atoms with Crippen molar-refractivity contribution in [2.75, 3.05) is 18.5 Å². The quantitative estimate of drug-likeness (QED) is 0.301. The Balaban J connectivity index is 1.61. The third-order valence-corrected chi connectivity index (χ3v) is 5.17. The summed E-state index contributed by atoms with van der Waals surface area (Å²) in [7, 11) is 0. The number of fused-ring (bicyclic) bond motifs is 1. The number of pyridine rings is 1. The lowest BCUT2D eigenvalue weighted by atomic mass is 10.1. The van der Waals surface area contributed by atoms with E-state index in [4.69, 9.17) is 21.4 Å². The second-order valence-corrected chi connectivity index (χ2v) is 7.81. The van der Waals surface area contributed by atoms with Gasteiger partial charge >= 0.3 is 0 Å². The predicted molar refractivity (Wildman–Crippen MR) is 121 cm³/mol. The minimum absolute atomic E-state index is 0.108. The number of ether oxygens (including phenoxy) is 1. The Morgan fingerprint density at radius 1 is 1.24 bits per heavy atom. The van der Waals surface area contributed by atoms with Gasteiger partial charge in [-0.05, 0) is 30.3 Å². The highest BCUT2D eigenvalue weighted by molar-refractivity contribution is 6.30. The number of anilines is 1. The molecule has 5 N–H and O–H groups in total. The van der Waals surface area contributed by atoms with Crippen LogP contribution in [0.5, 0.6) is 5.75 Å². The van der Waals surface area contributed by atoms with E-state index in [0.717, 1.165) is 0 Å². The number of amides is 1. The van der Waals surface area contributed by atoms with E-state index in [-0.39, 0.29) is 34.1 Å². The van der Waals surface area contributed by atoms with E-state index in [9.17, 15) is 18.7 Å². The van der Waals surface area contributed by atoms with Crippen LogP contribution in [0.15, 0.2) is 54.9 Å². The fourth-order valence-corrected chi connectivity index (χ4v) is 3.49. The molecule has 2 heterocycles. The second-order valence-electron chi connectivity index (χ2n) is 7.38. The summed E-state index contributed by atoms with van der Waals surface area (Å²) in [6.07, 6.45) is -0.756. The van der Waals surface area contributed by atoms with Crippen LogP contribution in [0.1, 0.15) is 22.3 Å². The molecule has 11 heteroatoms. The molecule has 0 radical (unpaired) electrons. The average molecular weight is 490 g/mol. The predicted octanol–water partition coefficient (Wildman–Crippen LogP) is 3.62. The lowest BCUT2D eigenvalue weighted by Gasteiger charge is -2.11. The number of carbonyl (C=O) groups is 1. The number of hydrogen-bond acceptors (Lipinski definition) is 5. The Labute approximate surface area is 197 Å². The first kappa shape index (κ1) is 23.6. The SMILES string of the molecule is O=C(Nc1cccc(OC[C@H](O)CO)c1)c1c[nH+]cc2[nH]c(-c3ccc(Cl)cc3C(F)F)nc12. The van der Waals surface area contributed by atoms with Crippen LogP contribution in [0.4, 0.5) is 14.5 Å². The monoisotopic (exact) mass is 489 g/mol. The molecular weight excluding hydrogens is 470 g/mol. The number of alkyl halides is 2. The minimum atomic E-state index is -2.76. The van der Waals surface area contributed by atoms with Crippen LogP contribution >= 0.6 is 11.6 Å². The summed E-state index contributed by atoms with van der Waals surface area (Å²) in [6, 6.07) is 10.6. The molecule has 0 spiro atoms. The number of aliphatic hydroxyl groups is 2. The van der Waals surface area contributed by atoms with E-state index in [2.05, 4.69) is 20.3 Å². The summed E-state index contributed by atoms with van der Waals surface area (Å²) in [4.78, 5) is 23.2. The first-order chi connectivity index (χ1) is 16.4. The lowest BCUT2D eigenvalue weighted by molar-refractivity contribution is -0.376. The van der Waals surface area contributed by atoms with Crippen molar-refractivity contribution in [3.05, 3.63) is 71.0 Å². The van der Waals surface area contributed by atoms with Crippen LogP contribution < -0.4 is 15.0 Å². The molecule has 0 aliphatic heterocycles. The number of aromatic amines is 2. The number of H-pyrrole nitrogens is 2. The van der Waals surface area contributed by atoms with E-state index < -0.39 is 25.0 Å². The molecule has 1 atom stereocenters. The number of aromatic nitrogens is 3. The van der Waals surface area contributed by atoms with Crippen molar-refractivity contribution in [2.45, 2.75) is 12.5 Å². The second kappa shape index (κ2) is 10.1. The minimum Gasteiger partial charge on any atom is -0.491 e. The highest BCUT2D eigenvalue weighted by Crippen LogP contribution is 2.33. The zero-order valence-corrected chi connectivity index (χ0v) is 18.3. The van der Waals surface area contributed by atoms with Crippen molar-refractivity contribution in [1.29, 1.82) is 0 Å². The molecule has 0 fully saturated rings. The van der Waals surface area contributed by atoms with Gasteiger partial charge in [-0.25, -0.2) is 18.7 Å². The van der Waals surface area contributed by atoms with E-state index in [0.29, 0.717) is 22.5 Å². The van der Waals surface area contributed by atoms with Crippen LogP contribution in [-0.2, 0) is 0 Å². The normalized spacial score (nSPS) is 12.2. The van der Waals surface area contributed by atoms with Crippen LogP contribution in [0, 0.1) is 0 Å². The summed E-state index contributed by atoms with van der Waals surface area (Å²) in [5.41, 5.74) is 1.26. The van der Waals surface area contributed by atoms with Gasteiger partial charge in [-0.1, -0.05) is 17.7 Å². The zero-order valence-electron chi connectivity index (χ0n) is 17.6. The maximum atomic E-state index is 13.5. The molecule has 0 aliphatic carbocycles. The van der Waals surface area contributed by atoms with Gasteiger partial charge in [-0.3, -0.25) is 4.79 Å². The lowest BCUT2D eigenvalue weighted by Crippen LogP contribution is -2.21. The van der Waals surface area contributed by atoms with E-state index in [1.807, 2.05) is 0 Å². The van der Waals surface area contributed by atoms with Crippen molar-refractivity contribution in [3.63, 3.8) is 0 Å². The number of nitrogens with one attached hydrogen (secondary N) is 3. The summed E-state index contributed by atoms with van der Waals surface area (Å²) in [5, 5.41) is 21.2. The van der Waals surface area contributed by atoms with Crippen LogP contribution in [0.25, 0.3) is 22.4 Å². The van der Waals surface area contributed by atoms with E-state index >= 15 is 0 Å². The average Bonchev–Trinajstić information content (AvgIpc) is 3.26. The summed E-state index contributed by atoms with van der Waals surface area (Å²) in [5.74, 6) is 0.0745. The number of imidazole rings is 1. The van der Waals surface area contributed by atoms with E-state index in [1.54, 1.807) is 30.5 Å². The number of aliphatic hydroxyl groups excluding tert-OH is 2. The van der Waals surface area contributed by atoms with Gasteiger partial charge in [0.2, 0.25) is 0 Å². The van der Waals surface area contributed by atoms with Gasteiger partial charge in [-0.2, -0.15) is 0 Å². The van der Waals surface area contributed by atoms with Crippen molar-refractivity contribution < 1.29 is 33.5 Å². The molecule has 4 rings (SSSR count). The molecule has 34 heavy (non-hydrogen) atoms. The Morgan fingerprint density at radius 3 is 2.82 bits per heavy atom. The third-order valence-electron chi connectivity index (χ3n) is 4.94. The van der Waals surface area contributed by atoms with Gasteiger partial charge in [0, 0.05) is 27.9 Å². The van der Waals surface area contributed by atoms with Crippen molar-refractivity contribution in [2.24, 2.45) is 0 Å². The van der Waals surface area contributed by atoms with Gasteiger partial charge in [0.25, 0.3) is 12.3 Å². The standard InChI is InChI=1S/C23H19ClF2N4O4/c24-12-4-5-16(17(6-12)21(25)26)22-29-19-9-27-8-18(20(19)30-22)23(33)28-13-2-1-3-15(7-13)34-11-14(32)10-31/h1-9,14,21,31-32H,10-11H2,(H,28,33)(H,29,30)/p+1/t14-/m1/s1. The highest BCUT2D eigenvalue weighted by atomic mass is 35.5. The maximum absolute atomic E-state index is 13.5. The molecule has 0 saturated carbocycles. The first-order valence-corrected chi connectivity index (χ1v) is 10.5. The topological polar surface area (TPSA) is 122 Å². The summed E-state index contributed by atoms with van der Waals surface area (Å²) in [6.45, 7) is -0.541. The molecule has 0 bridgehead atoms. The number of carbonyl (C=O) groups excluding carboxylic acids is 1. The Hall–Kier alpha value is -3.60. The van der Waals surface area contributed by atoms with Gasteiger partial charge < -0.3 is 25.3 Å². The molecule has 1 amide bonds. The number of halogens is 3. The fraction of sp³-hybridized carbons (Fsp3) is 0.174. The van der Waals surface area contributed by atoms with Gasteiger partial charge in [0.1, 0.15) is 40.9 Å². The number of hydrogen-bond donors (Lipinski definition) is 4. The third kappa shape index (κ3) is 5.14. The van der Waals surface area contributed by atoms with Crippen molar-refractivity contribution >= 4 is 34.2 Å². The fourth-order valence-electron chi connectivity index (χ4n) is 3.31. The molecule has 8 nitrogen and oxygen atoms in total. The first-order valence-electron chi connectivity index (χ1n) is 10.2. The maximum Gasteiger partial charge on any atom is 0.264 e. The highest BCUT2D eigenvalue weighted by Gasteiger charge is 2.21. The smallest absolute Gasteiger partial charge is 0.264 e. The number of rotatable bonds is 8. The molecule has 2 aromatic heterocycles. The molecule has 2 aromatic carbocycles. The Kier molecular flexibility index (Phi) is 7.01. The van der Waals surface area contributed by atoms with Gasteiger partial charge in [0.15, 0.2) is 12.4 Å². The summed E-state index contributed by atoms with van der Waals surface area (Å²) < 4.78 is 32.5. The molecule has 4 aromatic rings. The van der Waals surface area contributed by atoms with Crippen molar-refractivity contribution in [1.82, 2.24) is 9.97 Å². The van der Waals surface area contributed by atoms with Crippen LogP contribution in [0.2, 0.25) is 5.02 Å². The molecule has 0 unspecified atom stereocenters. The molecule has 0 saturated heterocycles. The van der Waals surface area contributed by atoms with Crippen molar-refractivity contribution in [3.8, 4) is 17.1 Å². The summed E-state index contributed by atoms with van der Waals surface area (Å²) >= 11 is 5.87.